The Kier molecular flexibility index (Phi) is 6.56. The van der Waals surface area contributed by atoms with Crippen LogP contribution in [0.5, 0.6) is 0 Å². The second kappa shape index (κ2) is 9.40. The Morgan fingerprint density at radius 2 is 1.64 bits per heavy atom. The highest BCUT2D eigenvalue weighted by molar-refractivity contribution is 5.83. The lowest BCUT2D eigenvalue weighted by molar-refractivity contribution is -0.155. The van der Waals surface area contributed by atoms with Crippen LogP contribution in [0.15, 0.2) is 61.2 Å². The zero-order chi connectivity index (χ0) is 23.6. The number of fused-ring (bicyclic) bond motifs is 3. The molecule has 1 heterocycles. The Morgan fingerprint density at radius 3 is 2.21 bits per heavy atom. The van der Waals surface area contributed by atoms with Crippen LogP contribution < -0.4 is 0 Å². The van der Waals surface area contributed by atoms with Gasteiger partial charge in [0.25, 0.3) is 0 Å². The maximum absolute atomic E-state index is 13.1. The van der Waals surface area contributed by atoms with Gasteiger partial charge in [-0.05, 0) is 49.4 Å². The molecule has 0 aromatic heterocycles. The predicted molar refractivity (Wildman–Crippen MR) is 126 cm³/mol. The van der Waals surface area contributed by atoms with Gasteiger partial charge in [-0.1, -0.05) is 61.2 Å². The lowest BCUT2D eigenvalue weighted by Crippen LogP contribution is -2.48. The summed E-state index contributed by atoms with van der Waals surface area (Å²) in [5.74, 6) is -0.549. The van der Waals surface area contributed by atoms with Crippen LogP contribution in [0.1, 0.15) is 44.2 Å². The predicted octanol–water partition coefficient (Wildman–Crippen LogP) is 4.92. The molecule has 0 bridgehead atoms. The first kappa shape index (κ1) is 23.1. The third-order valence-corrected chi connectivity index (χ3v) is 6.00. The highest BCUT2D eigenvalue weighted by Crippen LogP contribution is 2.44. The molecule has 0 spiro atoms. The van der Waals surface area contributed by atoms with Crippen molar-refractivity contribution < 1.29 is 23.8 Å². The van der Waals surface area contributed by atoms with Crippen LogP contribution in [0.3, 0.4) is 0 Å². The fraction of sp³-hybridized carbons (Fsp3) is 0.407. The largest absolute Gasteiger partial charge is 0.460 e. The van der Waals surface area contributed by atoms with E-state index in [2.05, 4.69) is 30.8 Å². The number of likely N-dealkylation sites (tertiary alicyclic amines) is 1. The summed E-state index contributed by atoms with van der Waals surface area (Å²) < 4.78 is 17.2. The minimum absolute atomic E-state index is 0.0447. The highest BCUT2D eigenvalue weighted by Gasteiger charge is 2.46. The summed E-state index contributed by atoms with van der Waals surface area (Å²) in [5.41, 5.74) is 4.16. The van der Waals surface area contributed by atoms with E-state index in [9.17, 15) is 9.59 Å². The summed E-state index contributed by atoms with van der Waals surface area (Å²) in [5, 5.41) is 0. The van der Waals surface area contributed by atoms with Crippen LogP contribution in [0, 0.1) is 0 Å². The van der Waals surface area contributed by atoms with Crippen molar-refractivity contribution in [2.24, 2.45) is 0 Å². The van der Waals surface area contributed by atoms with Crippen LogP contribution in [0.2, 0.25) is 0 Å². The van der Waals surface area contributed by atoms with Crippen LogP contribution >= 0.6 is 0 Å². The first-order valence-corrected chi connectivity index (χ1v) is 11.4. The van der Waals surface area contributed by atoms with E-state index in [1.54, 1.807) is 0 Å². The van der Waals surface area contributed by atoms with Gasteiger partial charge in [-0.3, -0.25) is 4.90 Å². The van der Waals surface area contributed by atoms with Crippen molar-refractivity contribution in [2.45, 2.75) is 50.9 Å². The molecule has 4 rings (SSSR count). The molecule has 1 aliphatic heterocycles. The highest BCUT2D eigenvalue weighted by atomic mass is 16.6. The molecule has 174 valence electrons. The number of esters is 1. The van der Waals surface area contributed by atoms with E-state index in [1.165, 1.54) is 22.1 Å². The Morgan fingerprint density at radius 1 is 1.03 bits per heavy atom. The number of hydrogen-bond donors (Lipinski definition) is 0. The van der Waals surface area contributed by atoms with Gasteiger partial charge in [0.15, 0.2) is 6.04 Å². The topological polar surface area (TPSA) is 65.1 Å². The lowest BCUT2D eigenvalue weighted by atomic mass is 9.98. The number of benzene rings is 2. The number of carbonyl (C=O) groups excluding carboxylic acids is 2. The summed E-state index contributed by atoms with van der Waals surface area (Å²) in [7, 11) is 0. The van der Waals surface area contributed by atoms with Crippen LogP contribution in [0.4, 0.5) is 4.79 Å². The molecule has 6 heteroatoms. The number of ether oxygens (including phenoxy) is 3. The minimum atomic E-state index is -0.847. The first-order valence-electron chi connectivity index (χ1n) is 11.4. The molecule has 2 atom stereocenters. The Labute approximate surface area is 195 Å². The van der Waals surface area contributed by atoms with Crippen LogP contribution in [-0.2, 0) is 19.0 Å². The molecule has 2 aliphatic rings. The smallest absolute Gasteiger partial charge is 0.410 e. The second-order valence-corrected chi connectivity index (χ2v) is 9.42. The number of hydrogen-bond acceptors (Lipinski definition) is 5. The molecular weight excluding hydrogens is 418 g/mol. The third kappa shape index (κ3) is 4.81. The van der Waals surface area contributed by atoms with Gasteiger partial charge in [0.05, 0.1) is 11.7 Å². The van der Waals surface area contributed by atoms with Gasteiger partial charge in [0.2, 0.25) is 0 Å². The molecule has 0 saturated carbocycles. The molecule has 1 amide bonds. The summed E-state index contributed by atoms with van der Waals surface area (Å²) >= 11 is 0. The molecule has 33 heavy (non-hydrogen) atoms. The Bertz CT molecular complexity index is 995. The van der Waals surface area contributed by atoms with Gasteiger partial charge in [-0.2, -0.15) is 0 Å². The molecule has 6 nitrogen and oxygen atoms in total. The summed E-state index contributed by atoms with van der Waals surface area (Å²) in [6, 6.07) is 15.5. The number of nitrogens with zero attached hydrogens (tertiary/aromatic N) is 1. The molecule has 0 N–H and O–H groups in total. The SMILES string of the molecule is C=CCOC(=O)C1C(OC(C)(C)C)CCN1C(=O)OCC1c2ccccc2-c2ccccc21. The quantitative estimate of drug-likeness (QED) is 0.463. The number of rotatable bonds is 6. The standard InChI is InChI=1S/C27H31NO5/c1-5-16-31-25(29)24-23(33-27(2,3)4)14-15-28(24)26(30)32-17-22-20-12-8-6-10-18(20)19-11-7-9-13-21(19)22/h5-13,22-24H,1,14-17H2,2-4H3. The summed E-state index contributed by atoms with van der Waals surface area (Å²) in [4.78, 5) is 27.4. The van der Waals surface area contributed by atoms with Crippen molar-refractivity contribution in [3.8, 4) is 11.1 Å². The molecule has 2 aromatic rings. The van der Waals surface area contributed by atoms with Crippen molar-refractivity contribution in [1.29, 1.82) is 0 Å². The normalized spacial score (nSPS) is 19.7. The van der Waals surface area contributed by atoms with E-state index >= 15 is 0 Å². The van der Waals surface area contributed by atoms with Crippen LogP contribution in [0.25, 0.3) is 11.1 Å². The fourth-order valence-electron chi connectivity index (χ4n) is 4.73. The van der Waals surface area contributed by atoms with Gasteiger partial charge in [0, 0.05) is 12.5 Å². The molecule has 2 unspecified atom stereocenters. The molecule has 2 aromatic carbocycles. The van der Waals surface area contributed by atoms with Gasteiger partial charge >= 0.3 is 12.1 Å². The minimum Gasteiger partial charge on any atom is -0.460 e. The summed E-state index contributed by atoms with van der Waals surface area (Å²) in [6.45, 7) is 10.0. The third-order valence-electron chi connectivity index (χ3n) is 6.00. The number of carbonyl (C=O) groups is 2. The molecule has 1 saturated heterocycles. The molecule has 1 aliphatic carbocycles. The maximum Gasteiger partial charge on any atom is 0.410 e. The van der Waals surface area contributed by atoms with Crippen molar-refractivity contribution in [3.05, 3.63) is 72.3 Å². The fourth-order valence-corrected chi connectivity index (χ4v) is 4.73. The van der Waals surface area contributed by atoms with Crippen molar-refractivity contribution >= 4 is 12.1 Å². The Balaban J connectivity index is 1.50. The zero-order valence-corrected chi connectivity index (χ0v) is 19.5. The average Bonchev–Trinajstić information content (AvgIpc) is 3.34. The van der Waals surface area contributed by atoms with Gasteiger partial charge < -0.3 is 14.2 Å². The van der Waals surface area contributed by atoms with Crippen LogP contribution in [-0.4, -0.2) is 54.5 Å². The summed E-state index contributed by atoms with van der Waals surface area (Å²) in [6.07, 6.45) is 1.06. The van der Waals surface area contributed by atoms with E-state index in [4.69, 9.17) is 14.2 Å². The van der Waals surface area contributed by atoms with E-state index in [0.717, 1.165) is 11.1 Å². The van der Waals surface area contributed by atoms with E-state index < -0.39 is 29.8 Å². The van der Waals surface area contributed by atoms with Gasteiger partial charge in [-0.15, -0.1) is 0 Å². The first-order chi connectivity index (χ1) is 15.8. The van der Waals surface area contributed by atoms with Crippen molar-refractivity contribution in [2.75, 3.05) is 19.8 Å². The number of amides is 1. The molecular formula is C27H31NO5. The van der Waals surface area contributed by atoms with E-state index in [0.29, 0.717) is 13.0 Å². The average molecular weight is 450 g/mol. The van der Waals surface area contributed by atoms with E-state index in [-0.39, 0.29) is 19.1 Å². The van der Waals surface area contributed by atoms with Crippen molar-refractivity contribution in [1.82, 2.24) is 4.90 Å². The van der Waals surface area contributed by atoms with Gasteiger partial charge in [0.1, 0.15) is 13.2 Å². The van der Waals surface area contributed by atoms with Gasteiger partial charge in [-0.25, -0.2) is 9.59 Å². The lowest BCUT2D eigenvalue weighted by Gasteiger charge is -2.30. The maximum atomic E-state index is 13.1. The Hall–Kier alpha value is -3.12. The van der Waals surface area contributed by atoms with Crippen molar-refractivity contribution in [3.63, 3.8) is 0 Å². The monoisotopic (exact) mass is 449 g/mol. The zero-order valence-electron chi connectivity index (χ0n) is 19.5. The molecule has 0 radical (unpaired) electrons. The second-order valence-electron chi connectivity index (χ2n) is 9.42. The molecule has 1 fully saturated rings. The van der Waals surface area contributed by atoms with E-state index in [1.807, 2.05) is 45.0 Å².